The van der Waals surface area contributed by atoms with E-state index in [-0.39, 0.29) is 0 Å². The van der Waals surface area contributed by atoms with Gasteiger partial charge >= 0.3 is 7.82 Å². The summed E-state index contributed by atoms with van der Waals surface area (Å²) >= 11 is 0. The van der Waals surface area contributed by atoms with E-state index in [2.05, 4.69) is 13.8 Å². The Hall–Kier alpha value is 0.110. The first-order valence-electron chi connectivity index (χ1n) is 4.66. The zero-order chi connectivity index (χ0) is 9.73. The van der Waals surface area contributed by atoms with Gasteiger partial charge in [0.1, 0.15) is 0 Å². The van der Waals surface area contributed by atoms with Crippen LogP contribution < -0.4 is 0 Å². The van der Waals surface area contributed by atoms with Gasteiger partial charge in [-0.1, -0.05) is 13.8 Å². The molecule has 1 fully saturated rings. The predicted molar refractivity (Wildman–Crippen MR) is 49.5 cm³/mol. The van der Waals surface area contributed by atoms with Crippen LogP contribution in [0.5, 0.6) is 0 Å². The van der Waals surface area contributed by atoms with Crippen molar-refractivity contribution < 1.29 is 18.1 Å². The van der Waals surface area contributed by atoms with E-state index in [1.807, 2.05) is 0 Å². The summed E-state index contributed by atoms with van der Waals surface area (Å²) in [6, 6.07) is 0. The molecule has 0 radical (unpaired) electrons. The molecule has 1 aliphatic heterocycles. The van der Waals surface area contributed by atoms with Crippen molar-refractivity contribution in [3.63, 3.8) is 0 Å². The molecule has 1 rings (SSSR count). The van der Waals surface area contributed by atoms with Gasteiger partial charge in [-0.25, -0.2) is 4.57 Å². The highest BCUT2D eigenvalue weighted by Gasteiger charge is 2.29. The van der Waals surface area contributed by atoms with Crippen molar-refractivity contribution in [1.82, 2.24) is 0 Å². The summed E-state index contributed by atoms with van der Waals surface area (Å²) in [4.78, 5) is 0. The van der Waals surface area contributed by atoms with E-state index in [0.29, 0.717) is 25.7 Å². The number of phosphoric acid groups is 1. The van der Waals surface area contributed by atoms with Gasteiger partial charge in [0, 0.05) is 0 Å². The Morgan fingerprint density at radius 3 is 2.54 bits per heavy atom. The van der Waals surface area contributed by atoms with E-state index >= 15 is 0 Å². The number of rotatable bonds is 4. The Bertz CT molecular complexity index is 183. The molecule has 5 heteroatoms. The van der Waals surface area contributed by atoms with Gasteiger partial charge in [-0.3, -0.25) is 13.6 Å². The summed E-state index contributed by atoms with van der Waals surface area (Å²) in [5, 5.41) is 0. The summed E-state index contributed by atoms with van der Waals surface area (Å²) in [6.07, 6.45) is 1.66. The van der Waals surface area contributed by atoms with E-state index in [9.17, 15) is 4.57 Å². The van der Waals surface area contributed by atoms with Crippen molar-refractivity contribution in [3.05, 3.63) is 0 Å². The first kappa shape index (κ1) is 11.2. The molecule has 0 aromatic rings. The maximum Gasteiger partial charge on any atom is 0.474 e. The molecule has 1 heterocycles. The summed E-state index contributed by atoms with van der Waals surface area (Å²) in [7, 11) is -3.17. The maximum absolute atomic E-state index is 11.5. The molecule has 0 amide bonds. The molecule has 0 spiro atoms. The first-order valence-corrected chi connectivity index (χ1v) is 6.12. The molecule has 0 atom stereocenters. The fourth-order valence-corrected chi connectivity index (χ4v) is 2.18. The van der Waals surface area contributed by atoms with Gasteiger partial charge < -0.3 is 0 Å². The van der Waals surface area contributed by atoms with E-state index in [0.717, 1.165) is 12.8 Å². The minimum Gasteiger partial charge on any atom is -0.287 e. The second-order valence-electron chi connectivity index (χ2n) is 3.48. The molecule has 78 valence electrons. The van der Waals surface area contributed by atoms with Crippen molar-refractivity contribution in [1.29, 1.82) is 0 Å². The highest BCUT2D eigenvalue weighted by molar-refractivity contribution is 7.48. The van der Waals surface area contributed by atoms with Gasteiger partial charge in [0.05, 0.1) is 19.8 Å². The van der Waals surface area contributed by atoms with Gasteiger partial charge in [-0.05, 0) is 18.8 Å². The lowest BCUT2D eigenvalue weighted by Gasteiger charge is -2.22. The normalized spacial score (nSPS) is 22.1. The monoisotopic (exact) mass is 208 g/mol. The van der Waals surface area contributed by atoms with Crippen LogP contribution in [0.3, 0.4) is 0 Å². The van der Waals surface area contributed by atoms with Crippen LogP contribution in [0.2, 0.25) is 0 Å². The van der Waals surface area contributed by atoms with Crippen molar-refractivity contribution in [2.75, 3.05) is 19.8 Å². The Morgan fingerprint density at radius 2 is 2.00 bits per heavy atom. The first-order chi connectivity index (χ1) is 6.12. The second kappa shape index (κ2) is 5.11. The predicted octanol–water partition coefficient (Wildman–Crippen LogP) is 2.59. The zero-order valence-electron chi connectivity index (χ0n) is 8.19. The van der Waals surface area contributed by atoms with Crippen LogP contribution in [0.1, 0.15) is 26.7 Å². The molecule has 1 saturated heterocycles. The van der Waals surface area contributed by atoms with Gasteiger partial charge in [0.2, 0.25) is 0 Å². The van der Waals surface area contributed by atoms with E-state index < -0.39 is 7.82 Å². The third-order valence-electron chi connectivity index (χ3n) is 1.73. The fraction of sp³-hybridized carbons (Fsp3) is 1.00. The van der Waals surface area contributed by atoms with Gasteiger partial charge in [-0.2, -0.15) is 0 Å². The van der Waals surface area contributed by atoms with Crippen LogP contribution in [-0.2, 0) is 18.1 Å². The summed E-state index contributed by atoms with van der Waals surface area (Å²) in [5.41, 5.74) is 0. The van der Waals surface area contributed by atoms with Crippen LogP contribution in [0.4, 0.5) is 0 Å². The van der Waals surface area contributed by atoms with Gasteiger partial charge in [0.15, 0.2) is 0 Å². The average Bonchev–Trinajstić information content (AvgIpc) is 2.04. The molecule has 0 unspecified atom stereocenters. The van der Waals surface area contributed by atoms with Crippen LogP contribution in [0.25, 0.3) is 0 Å². The molecule has 0 aliphatic carbocycles. The highest BCUT2D eigenvalue weighted by Crippen LogP contribution is 2.51. The Morgan fingerprint density at radius 1 is 1.38 bits per heavy atom. The van der Waals surface area contributed by atoms with E-state index in [1.165, 1.54) is 0 Å². The fourth-order valence-electron chi connectivity index (χ4n) is 0.924. The van der Waals surface area contributed by atoms with Crippen molar-refractivity contribution >= 4 is 7.82 Å². The third kappa shape index (κ3) is 4.23. The van der Waals surface area contributed by atoms with Crippen LogP contribution in [0, 0.1) is 5.92 Å². The van der Waals surface area contributed by atoms with E-state index in [4.69, 9.17) is 13.6 Å². The lowest BCUT2D eigenvalue weighted by atomic mass is 10.2. The SMILES string of the molecule is CC(C)CCOP1(=O)OCCCO1. The van der Waals surface area contributed by atoms with E-state index in [1.54, 1.807) is 0 Å². The van der Waals surface area contributed by atoms with Crippen molar-refractivity contribution in [2.45, 2.75) is 26.7 Å². The van der Waals surface area contributed by atoms with Crippen molar-refractivity contribution in [2.24, 2.45) is 5.92 Å². The number of hydrogen-bond donors (Lipinski definition) is 0. The molecule has 1 aliphatic rings. The third-order valence-corrected chi connectivity index (χ3v) is 3.23. The molecular formula is C8H17O4P. The Labute approximate surface area is 79.2 Å². The summed E-state index contributed by atoms with van der Waals surface area (Å²) in [5.74, 6) is 0.538. The lowest BCUT2D eigenvalue weighted by Crippen LogP contribution is -2.11. The molecule has 0 saturated carbocycles. The Balaban J connectivity index is 2.21. The standard InChI is InChI=1S/C8H17O4P/c1-8(2)4-7-12-13(9)10-5-3-6-11-13/h8H,3-7H2,1-2H3. The van der Waals surface area contributed by atoms with Crippen LogP contribution >= 0.6 is 7.82 Å². The summed E-state index contributed by atoms with van der Waals surface area (Å²) in [6.45, 7) is 5.55. The maximum atomic E-state index is 11.5. The molecule has 0 aromatic heterocycles. The molecule has 13 heavy (non-hydrogen) atoms. The zero-order valence-corrected chi connectivity index (χ0v) is 9.09. The van der Waals surface area contributed by atoms with Crippen LogP contribution in [0.15, 0.2) is 0 Å². The van der Waals surface area contributed by atoms with Crippen LogP contribution in [-0.4, -0.2) is 19.8 Å². The number of hydrogen-bond acceptors (Lipinski definition) is 4. The molecule has 0 N–H and O–H groups in total. The van der Waals surface area contributed by atoms with Crippen molar-refractivity contribution in [3.8, 4) is 0 Å². The molecule has 0 bridgehead atoms. The molecule has 4 nitrogen and oxygen atoms in total. The lowest BCUT2D eigenvalue weighted by molar-refractivity contribution is 0.0724. The van der Waals surface area contributed by atoms with Gasteiger partial charge in [0.25, 0.3) is 0 Å². The quantitative estimate of drug-likeness (QED) is 0.666. The number of phosphoric ester groups is 1. The second-order valence-corrected chi connectivity index (χ2v) is 5.15. The van der Waals surface area contributed by atoms with Gasteiger partial charge in [-0.15, -0.1) is 0 Å². The highest BCUT2D eigenvalue weighted by atomic mass is 31.2. The summed E-state index contributed by atoms with van der Waals surface area (Å²) < 4.78 is 26.6. The average molecular weight is 208 g/mol. The smallest absolute Gasteiger partial charge is 0.287 e. The minimum atomic E-state index is -3.17. The molecule has 0 aromatic carbocycles. The minimum absolute atomic E-state index is 0.439. The Kier molecular flexibility index (Phi) is 4.39. The topological polar surface area (TPSA) is 44.8 Å². The largest absolute Gasteiger partial charge is 0.474 e. The molecular weight excluding hydrogens is 191 g/mol.